The molecule has 1 atom stereocenters. The van der Waals surface area contributed by atoms with Gasteiger partial charge in [-0.25, -0.2) is 0 Å². The van der Waals surface area contributed by atoms with E-state index in [1.165, 1.54) is 0 Å². The lowest BCUT2D eigenvalue weighted by Crippen LogP contribution is -2.41. The van der Waals surface area contributed by atoms with Gasteiger partial charge in [0.1, 0.15) is 30.5 Å². The number of carbonyl (C=O) groups excluding carboxylic acids is 1. The highest BCUT2D eigenvalue weighted by Crippen LogP contribution is 2.34. The Morgan fingerprint density at radius 2 is 1.57 bits per heavy atom. The number of nitrogens with zero attached hydrogens (tertiary/aromatic N) is 2. The molecule has 1 fully saturated rings. The molecule has 1 amide bonds. The first-order valence-electron chi connectivity index (χ1n) is 16.8. The van der Waals surface area contributed by atoms with Gasteiger partial charge in [-0.05, 0) is 104 Å². The fourth-order valence-electron chi connectivity index (χ4n) is 5.59. The molecule has 12 heteroatoms. The van der Waals surface area contributed by atoms with E-state index < -0.39 is 0 Å². The van der Waals surface area contributed by atoms with Gasteiger partial charge in [-0.2, -0.15) is 5.10 Å². The summed E-state index contributed by atoms with van der Waals surface area (Å²) in [4.78, 5) is 16.0. The molecule has 1 saturated carbocycles. The van der Waals surface area contributed by atoms with E-state index in [4.69, 9.17) is 59.5 Å². The van der Waals surface area contributed by atoms with Gasteiger partial charge in [0.15, 0.2) is 5.75 Å². The normalized spacial score (nSPS) is 13.6. The predicted octanol–water partition coefficient (Wildman–Crippen LogP) is 6.04. The van der Waals surface area contributed by atoms with E-state index >= 15 is 0 Å². The molecule has 3 aromatic carbocycles. The highest BCUT2D eigenvalue weighted by atomic mass is 35.5. The third kappa shape index (κ3) is 12.3. The molecule has 49 heavy (non-hydrogen) atoms. The number of hydrogen-bond acceptors (Lipinski definition) is 8. The van der Waals surface area contributed by atoms with Crippen LogP contribution in [0.15, 0.2) is 59.7 Å². The predicted molar refractivity (Wildman–Crippen MR) is 196 cm³/mol. The van der Waals surface area contributed by atoms with E-state index in [0.717, 1.165) is 53.7 Å². The second kappa shape index (κ2) is 19.5. The molecule has 0 aliphatic heterocycles. The number of methoxy groups -OCH3 is 1. The van der Waals surface area contributed by atoms with Crippen LogP contribution >= 0.6 is 23.2 Å². The van der Waals surface area contributed by atoms with Crippen molar-refractivity contribution in [1.29, 1.82) is 0 Å². The van der Waals surface area contributed by atoms with Crippen molar-refractivity contribution in [1.82, 2.24) is 4.90 Å². The molecule has 1 aliphatic rings. The van der Waals surface area contributed by atoms with E-state index in [1.54, 1.807) is 7.11 Å². The number of carbonyl (C=O) groups is 1. The number of hydrogen-bond donors (Lipinski definition) is 3. The lowest BCUT2D eigenvalue weighted by molar-refractivity contribution is -0.136. The van der Waals surface area contributed by atoms with Crippen molar-refractivity contribution in [2.24, 2.45) is 28.3 Å². The molecule has 0 radical (unpaired) electrons. The minimum absolute atomic E-state index is 0.0692. The third-order valence-corrected chi connectivity index (χ3v) is 8.82. The number of halogens is 2. The van der Waals surface area contributed by atoms with Crippen LogP contribution in [0, 0.1) is 12.8 Å². The molecule has 4 rings (SSSR count). The monoisotopic (exact) mass is 713 g/mol. The number of rotatable bonds is 21. The second-order valence-corrected chi connectivity index (χ2v) is 13.2. The van der Waals surface area contributed by atoms with Crippen molar-refractivity contribution < 1.29 is 23.7 Å². The fraction of sp³-hybridized carbons (Fsp3) is 0.459. The van der Waals surface area contributed by atoms with Crippen LogP contribution in [0.3, 0.4) is 0 Å². The summed E-state index contributed by atoms with van der Waals surface area (Å²) in [6.07, 6.45) is 5.50. The Labute approximate surface area is 299 Å². The van der Waals surface area contributed by atoms with Gasteiger partial charge in [-0.15, -0.1) is 0 Å². The summed E-state index contributed by atoms with van der Waals surface area (Å²) in [5.41, 5.74) is 16.1. The van der Waals surface area contributed by atoms with Gasteiger partial charge in [0.2, 0.25) is 5.91 Å². The Morgan fingerprint density at radius 3 is 2.22 bits per heavy atom. The molecule has 266 valence electrons. The molecular weight excluding hydrogens is 665 g/mol. The van der Waals surface area contributed by atoms with E-state index in [2.05, 4.69) is 17.2 Å². The van der Waals surface area contributed by atoms with Crippen LogP contribution in [-0.4, -0.2) is 62.8 Å². The smallest absolute Gasteiger partial charge is 0.227 e. The minimum atomic E-state index is -0.347. The summed E-state index contributed by atoms with van der Waals surface area (Å²) in [6, 6.07) is 17.8. The zero-order valence-corrected chi connectivity index (χ0v) is 30.0. The van der Waals surface area contributed by atoms with Gasteiger partial charge < -0.3 is 41.2 Å². The van der Waals surface area contributed by atoms with Crippen molar-refractivity contribution in [3.05, 3.63) is 86.9 Å². The molecule has 0 aromatic heterocycles. The molecule has 1 unspecified atom stereocenters. The molecule has 10 nitrogen and oxygen atoms in total. The van der Waals surface area contributed by atoms with Crippen LogP contribution in [0.2, 0.25) is 10.0 Å². The van der Waals surface area contributed by atoms with Crippen molar-refractivity contribution >= 4 is 34.9 Å². The lowest BCUT2D eigenvalue weighted by Gasteiger charge is -2.27. The fourth-order valence-corrected chi connectivity index (χ4v) is 6.29. The zero-order valence-electron chi connectivity index (χ0n) is 28.5. The second-order valence-electron chi connectivity index (χ2n) is 12.4. The molecule has 6 N–H and O–H groups in total. The molecule has 0 bridgehead atoms. The van der Waals surface area contributed by atoms with Crippen LogP contribution in [0.4, 0.5) is 0 Å². The number of amides is 1. The minimum Gasteiger partial charge on any atom is -0.494 e. The van der Waals surface area contributed by atoms with Gasteiger partial charge in [-0.1, -0.05) is 41.4 Å². The number of ether oxygens (including phenoxy) is 4. The summed E-state index contributed by atoms with van der Waals surface area (Å²) in [6.45, 7) is 4.42. The van der Waals surface area contributed by atoms with E-state index in [0.29, 0.717) is 73.0 Å². The van der Waals surface area contributed by atoms with Crippen molar-refractivity contribution in [3.63, 3.8) is 0 Å². The van der Waals surface area contributed by atoms with Crippen molar-refractivity contribution in [2.45, 2.75) is 64.5 Å². The van der Waals surface area contributed by atoms with Gasteiger partial charge in [-0.3, -0.25) is 4.79 Å². The Hall–Kier alpha value is -3.70. The van der Waals surface area contributed by atoms with Crippen LogP contribution in [0.1, 0.15) is 54.4 Å². The zero-order chi connectivity index (χ0) is 35.2. The molecule has 0 saturated heterocycles. The highest BCUT2D eigenvalue weighted by Gasteiger charge is 2.35. The van der Waals surface area contributed by atoms with Gasteiger partial charge in [0, 0.05) is 39.3 Å². The van der Waals surface area contributed by atoms with Gasteiger partial charge >= 0.3 is 0 Å². The first kappa shape index (κ1) is 38.1. The van der Waals surface area contributed by atoms with E-state index in [9.17, 15) is 4.79 Å². The maximum absolute atomic E-state index is 14.0. The van der Waals surface area contributed by atoms with Gasteiger partial charge in [0.05, 0.1) is 22.6 Å². The number of benzene rings is 3. The molecule has 3 aromatic rings. The topological polar surface area (TPSA) is 148 Å². The number of amidine groups is 1. The van der Waals surface area contributed by atoms with Crippen LogP contribution < -0.4 is 31.5 Å². The number of nitrogens with two attached hydrogens (primary N) is 3. The average Bonchev–Trinajstić information content (AvgIpc) is 3.93. The van der Waals surface area contributed by atoms with Gasteiger partial charge in [0.25, 0.3) is 0 Å². The van der Waals surface area contributed by atoms with Crippen LogP contribution in [-0.2, 0) is 28.9 Å². The van der Waals surface area contributed by atoms with Crippen LogP contribution in [0.25, 0.3) is 0 Å². The van der Waals surface area contributed by atoms with Crippen LogP contribution in [0.5, 0.6) is 17.2 Å². The lowest BCUT2D eigenvalue weighted by atomic mass is 9.97. The molecule has 1 aliphatic carbocycles. The first-order chi connectivity index (χ1) is 23.7. The first-order valence-corrected chi connectivity index (χ1v) is 17.5. The van der Waals surface area contributed by atoms with Crippen molar-refractivity contribution in [3.8, 4) is 17.2 Å². The molecule has 0 heterocycles. The largest absolute Gasteiger partial charge is 0.494 e. The maximum Gasteiger partial charge on any atom is 0.227 e. The Bertz CT molecular complexity index is 1510. The quantitative estimate of drug-likeness (QED) is 0.0398. The average molecular weight is 715 g/mol. The summed E-state index contributed by atoms with van der Waals surface area (Å²) in [7, 11) is 1.70. The highest BCUT2D eigenvalue weighted by molar-refractivity contribution is 6.37. The van der Waals surface area contributed by atoms with Crippen molar-refractivity contribution in [2.75, 3.05) is 40.1 Å². The number of hydrazone groups is 1. The summed E-state index contributed by atoms with van der Waals surface area (Å²) in [5, 5.41) is 4.46. The summed E-state index contributed by atoms with van der Waals surface area (Å²) in [5.74, 6) is 7.28. The van der Waals surface area contributed by atoms with E-state index in [1.807, 2.05) is 54.3 Å². The molecular formula is C37H49Cl2N5O5. The maximum atomic E-state index is 14.0. The van der Waals surface area contributed by atoms with E-state index in [-0.39, 0.29) is 31.0 Å². The Morgan fingerprint density at radius 1 is 0.898 bits per heavy atom. The summed E-state index contributed by atoms with van der Waals surface area (Å²) >= 11 is 12.5. The Balaban J connectivity index is 1.35. The summed E-state index contributed by atoms with van der Waals surface area (Å²) < 4.78 is 23.0. The molecule has 0 spiro atoms. The third-order valence-electron chi connectivity index (χ3n) is 8.26. The SMILES string of the molecule is COCCCc1cc(CN(C(=O)C(CN)Cc2ccc(OCCOc3c(Cl)cc(C)cc3Cl)cc2)C2CC2)cc(OCCC/C(N)=N/N)c1. The number of aryl methyl sites for hydroxylation is 2. The Kier molecular flexibility index (Phi) is 15.1. The standard InChI is InChI=1S/C37H49Cl2N5O5/c1-25-17-33(38)36(34(39)18-25)49-16-15-48-31-11-7-26(8-12-31)20-29(23-40)37(45)44(30-9-10-30)24-28-19-27(5-3-13-46-2)21-32(22-28)47-14-4-6-35(41)43-42/h7-8,11-12,17-19,21-22,29-30H,3-6,9-10,13-16,20,23-24,40,42H2,1-2H3,(H2,41,43).